The van der Waals surface area contributed by atoms with Crippen molar-refractivity contribution in [1.82, 2.24) is 0 Å². The Balaban J connectivity index is 2.34. The lowest BCUT2D eigenvalue weighted by Crippen LogP contribution is -2.55. The van der Waals surface area contributed by atoms with Crippen molar-refractivity contribution >= 4 is 5.97 Å². The minimum absolute atomic E-state index is 0.151. The molecule has 0 bridgehead atoms. The van der Waals surface area contributed by atoms with E-state index in [9.17, 15) is 15.0 Å². The van der Waals surface area contributed by atoms with Crippen LogP contribution in [-0.2, 0) is 4.74 Å². The lowest BCUT2D eigenvalue weighted by atomic mass is 10.0. The Morgan fingerprint density at radius 2 is 1.64 bits per heavy atom. The topological polar surface area (TPSA) is 142 Å². The van der Waals surface area contributed by atoms with Crippen LogP contribution in [0.5, 0.6) is 0 Å². The lowest BCUT2D eigenvalue weighted by molar-refractivity contribution is -0.186. The first kappa shape index (κ1) is 28.7. The quantitative estimate of drug-likeness (QED) is 0.0486. The summed E-state index contributed by atoms with van der Waals surface area (Å²) in [6.07, 6.45) is 16.4. The molecule has 8 heteroatoms. The molecular formula is C25H40N4O4. The van der Waals surface area contributed by atoms with Crippen LogP contribution in [0.1, 0.15) is 94.3 Å². The van der Waals surface area contributed by atoms with E-state index in [-0.39, 0.29) is 5.56 Å². The monoisotopic (exact) mass is 460 g/mol. The molecule has 1 aromatic rings. The summed E-state index contributed by atoms with van der Waals surface area (Å²) in [6.45, 7) is 2.23. The molecule has 1 rings (SSSR count). The van der Waals surface area contributed by atoms with Gasteiger partial charge in [-0.2, -0.15) is 0 Å². The minimum Gasteiger partial charge on any atom is -0.421 e. The van der Waals surface area contributed by atoms with Crippen molar-refractivity contribution in [3.63, 3.8) is 0 Å². The van der Waals surface area contributed by atoms with Crippen LogP contribution in [0.15, 0.2) is 47.6 Å². The van der Waals surface area contributed by atoms with E-state index in [0.29, 0.717) is 0 Å². The van der Waals surface area contributed by atoms with Gasteiger partial charge in [0, 0.05) is 4.91 Å². The zero-order valence-corrected chi connectivity index (χ0v) is 19.8. The minimum atomic E-state index is -2.72. The van der Waals surface area contributed by atoms with Crippen molar-refractivity contribution in [2.45, 2.75) is 102 Å². The van der Waals surface area contributed by atoms with Gasteiger partial charge in [0.1, 0.15) is 6.04 Å². The molecule has 1 aromatic carbocycles. The first-order valence-corrected chi connectivity index (χ1v) is 12.1. The summed E-state index contributed by atoms with van der Waals surface area (Å²) in [5, 5.41) is 23.9. The standard InChI is InChI=1S/C25H40N4O4/c1-2-3-4-5-6-7-8-9-10-11-12-13-17-20-22(30)23(26)25(32,28-29-27)33-24(31)21-18-15-14-16-19-21/h14-20,22-23,30,32H,2-13,26H2,1H3/b20-17+/t22-,23+,25?/m1/s1. The van der Waals surface area contributed by atoms with Gasteiger partial charge in [0.25, 0.3) is 0 Å². The zero-order chi connectivity index (χ0) is 24.4. The molecular weight excluding hydrogens is 420 g/mol. The molecule has 0 spiro atoms. The van der Waals surface area contributed by atoms with Crippen LogP contribution in [0.3, 0.4) is 0 Å². The molecule has 0 aliphatic rings. The molecule has 33 heavy (non-hydrogen) atoms. The molecule has 3 atom stereocenters. The number of esters is 1. The summed E-state index contributed by atoms with van der Waals surface area (Å²) in [6, 6.07) is 6.37. The van der Waals surface area contributed by atoms with Crippen LogP contribution in [-0.4, -0.2) is 34.2 Å². The van der Waals surface area contributed by atoms with Crippen molar-refractivity contribution in [2.75, 3.05) is 0 Å². The van der Waals surface area contributed by atoms with Crippen LogP contribution in [0, 0.1) is 0 Å². The van der Waals surface area contributed by atoms with Gasteiger partial charge in [-0.15, -0.1) is 0 Å². The molecule has 0 fully saturated rings. The Morgan fingerprint density at radius 1 is 1.09 bits per heavy atom. The Morgan fingerprint density at radius 3 is 2.18 bits per heavy atom. The summed E-state index contributed by atoms with van der Waals surface area (Å²) in [4.78, 5) is 14.7. The second kappa shape index (κ2) is 17.1. The highest BCUT2D eigenvalue weighted by atomic mass is 16.7. The summed E-state index contributed by atoms with van der Waals surface area (Å²) in [7, 11) is 0. The number of hydrogen-bond donors (Lipinski definition) is 3. The predicted octanol–water partition coefficient (Wildman–Crippen LogP) is 5.75. The van der Waals surface area contributed by atoms with Crippen molar-refractivity contribution in [2.24, 2.45) is 10.8 Å². The SMILES string of the molecule is CCCCCCCCCCCCC/C=C/[C@@H](O)[C@H](N)C(O)(N=[N+]=[N-])OC(=O)c1ccccc1. The van der Waals surface area contributed by atoms with Gasteiger partial charge in [-0.05, 0) is 35.6 Å². The van der Waals surface area contributed by atoms with Crippen molar-refractivity contribution < 1.29 is 19.7 Å². The molecule has 184 valence electrons. The molecule has 0 amide bonds. The number of nitrogens with two attached hydrogens (primary N) is 1. The molecule has 4 N–H and O–H groups in total. The van der Waals surface area contributed by atoms with Gasteiger partial charge in [-0.25, -0.2) is 4.79 Å². The third kappa shape index (κ3) is 11.9. The molecule has 0 radical (unpaired) electrons. The number of carbonyl (C=O) groups is 1. The molecule has 0 heterocycles. The maximum atomic E-state index is 12.2. The average molecular weight is 461 g/mol. The normalized spacial score (nSPS) is 14.9. The van der Waals surface area contributed by atoms with E-state index in [1.807, 2.05) is 0 Å². The number of unbranched alkanes of at least 4 members (excludes halogenated alkanes) is 11. The van der Waals surface area contributed by atoms with Gasteiger partial charge in [0.2, 0.25) is 0 Å². The smallest absolute Gasteiger partial charge is 0.340 e. The third-order valence-corrected chi connectivity index (χ3v) is 5.55. The van der Waals surface area contributed by atoms with Gasteiger partial charge >= 0.3 is 11.9 Å². The third-order valence-electron chi connectivity index (χ3n) is 5.55. The van der Waals surface area contributed by atoms with E-state index < -0.39 is 24.0 Å². The van der Waals surface area contributed by atoms with Crippen LogP contribution in [0.2, 0.25) is 0 Å². The van der Waals surface area contributed by atoms with Crippen LogP contribution >= 0.6 is 0 Å². The first-order chi connectivity index (χ1) is 15.9. The van der Waals surface area contributed by atoms with Crippen molar-refractivity contribution in [1.29, 1.82) is 0 Å². The number of nitrogens with zero attached hydrogens (tertiary/aromatic N) is 3. The van der Waals surface area contributed by atoms with E-state index >= 15 is 0 Å². The summed E-state index contributed by atoms with van der Waals surface area (Å²) >= 11 is 0. The van der Waals surface area contributed by atoms with Crippen LogP contribution < -0.4 is 5.73 Å². The zero-order valence-electron chi connectivity index (χ0n) is 19.8. The number of azide groups is 1. The largest absolute Gasteiger partial charge is 0.421 e. The Bertz CT molecular complexity index is 737. The van der Waals surface area contributed by atoms with E-state index in [0.717, 1.165) is 19.3 Å². The van der Waals surface area contributed by atoms with Gasteiger partial charge in [0.05, 0.1) is 11.7 Å². The number of aliphatic hydroxyl groups is 2. The van der Waals surface area contributed by atoms with E-state index in [1.54, 1.807) is 24.3 Å². The number of allylic oxidation sites excluding steroid dienone is 1. The second-order valence-electron chi connectivity index (χ2n) is 8.37. The Hall–Kier alpha value is -2.38. The van der Waals surface area contributed by atoms with Gasteiger partial charge in [0.15, 0.2) is 0 Å². The Labute approximate surface area is 197 Å². The van der Waals surface area contributed by atoms with Gasteiger partial charge in [-0.1, -0.05) is 101 Å². The van der Waals surface area contributed by atoms with Gasteiger partial charge in [-0.3, -0.25) is 0 Å². The van der Waals surface area contributed by atoms with E-state index in [4.69, 9.17) is 16.0 Å². The summed E-state index contributed by atoms with van der Waals surface area (Å²) in [5.74, 6) is -3.64. The Kier molecular flexibility index (Phi) is 14.9. The van der Waals surface area contributed by atoms with Gasteiger partial charge < -0.3 is 20.7 Å². The second-order valence-corrected chi connectivity index (χ2v) is 8.37. The molecule has 0 aliphatic heterocycles. The lowest BCUT2D eigenvalue weighted by Gasteiger charge is -2.30. The van der Waals surface area contributed by atoms with Crippen molar-refractivity contribution in [3.05, 3.63) is 58.5 Å². The highest BCUT2D eigenvalue weighted by molar-refractivity contribution is 5.89. The molecule has 0 aromatic heterocycles. The first-order valence-electron chi connectivity index (χ1n) is 12.1. The number of hydrogen-bond acceptors (Lipinski definition) is 6. The molecule has 8 nitrogen and oxygen atoms in total. The maximum Gasteiger partial charge on any atom is 0.340 e. The fourth-order valence-corrected chi connectivity index (χ4v) is 3.49. The highest BCUT2D eigenvalue weighted by Gasteiger charge is 2.41. The predicted molar refractivity (Wildman–Crippen MR) is 130 cm³/mol. The molecule has 0 aliphatic carbocycles. The number of aliphatic hydroxyl groups excluding tert-OH is 1. The van der Waals surface area contributed by atoms with E-state index in [1.165, 1.54) is 76.0 Å². The fraction of sp³-hybridized carbons (Fsp3) is 0.640. The number of benzene rings is 1. The van der Waals surface area contributed by atoms with E-state index in [2.05, 4.69) is 16.9 Å². The molecule has 0 saturated carbocycles. The van der Waals surface area contributed by atoms with Crippen LogP contribution in [0.4, 0.5) is 0 Å². The summed E-state index contributed by atoms with van der Waals surface area (Å²) in [5.41, 5.74) is 14.8. The summed E-state index contributed by atoms with van der Waals surface area (Å²) < 4.78 is 4.94. The molecule has 0 saturated heterocycles. The number of rotatable bonds is 18. The average Bonchev–Trinajstić information content (AvgIpc) is 2.82. The van der Waals surface area contributed by atoms with Crippen LogP contribution in [0.25, 0.3) is 10.4 Å². The highest BCUT2D eigenvalue weighted by Crippen LogP contribution is 2.20. The molecule has 1 unspecified atom stereocenters. The number of ether oxygens (including phenoxy) is 1. The fourth-order valence-electron chi connectivity index (χ4n) is 3.49. The maximum absolute atomic E-state index is 12.2. The van der Waals surface area contributed by atoms with Crippen molar-refractivity contribution in [3.8, 4) is 0 Å². The number of carbonyl (C=O) groups excluding carboxylic acids is 1.